The van der Waals surface area contributed by atoms with Gasteiger partial charge >= 0.3 is 12.4 Å². The van der Waals surface area contributed by atoms with Gasteiger partial charge in [0.2, 0.25) is 10.6 Å². The van der Waals surface area contributed by atoms with Gasteiger partial charge < -0.3 is 14.4 Å². The third kappa shape index (κ3) is 3.47. The van der Waals surface area contributed by atoms with Gasteiger partial charge in [-0.3, -0.25) is 0 Å². The summed E-state index contributed by atoms with van der Waals surface area (Å²) in [6, 6.07) is 1.07. The van der Waals surface area contributed by atoms with Crippen molar-refractivity contribution in [2.45, 2.75) is 12.4 Å². The van der Waals surface area contributed by atoms with Crippen molar-refractivity contribution in [1.29, 1.82) is 0 Å². The van der Waals surface area contributed by atoms with E-state index in [-0.39, 0.29) is 22.2 Å². The number of hydrogen-bond donors (Lipinski definition) is 1. The van der Waals surface area contributed by atoms with Gasteiger partial charge in [-0.05, 0) is 39.7 Å². The molecule has 0 bridgehead atoms. The van der Waals surface area contributed by atoms with Gasteiger partial charge in [0.05, 0.1) is 16.7 Å². The number of alkyl halides is 6. The van der Waals surface area contributed by atoms with Crippen LogP contribution in [0, 0.1) is 0 Å². The summed E-state index contributed by atoms with van der Waals surface area (Å²) in [5.74, 6) is -0.682. The largest absolute Gasteiger partial charge is 0.503 e. The van der Waals surface area contributed by atoms with Crippen molar-refractivity contribution >= 4 is 21.8 Å². The number of rotatable bonds is 2. The second kappa shape index (κ2) is 5.91. The molecule has 2 rings (SSSR count). The molecule has 1 N–H and O–H groups in total. The molecule has 0 aliphatic carbocycles. The number of furan rings is 1. The van der Waals surface area contributed by atoms with E-state index in [2.05, 4.69) is 15.9 Å². The maximum absolute atomic E-state index is 12.9. The van der Waals surface area contributed by atoms with Crippen LogP contribution in [0.25, 0.3) is 11.1 Å². The van der Waals surface area contributed by atoms with Crippen molar-refractivity contribution in [3.8, 4) is 16.9 Å². The fraction of sp³-hybridized carbons (Fsp3) is 0.286. The van der Waals surface area contributed by atoms with Crippen LogP contribution in [0.2, 0.25) is 0 Å². The summed E-state index contributed by atoms with van der Waals surface area (Å²) >= 11 is 2.86. The smallest absolute Gasteiger partial charge is 0.416 e. The van der Waals surface area contributed by atoms with Crippen molar-refractivity contribution < 1.29 is 35.9 Å². The lowest BCUT2D eigenvalue weighted by Crippen LogP contribution is -2.12. The Balaban J connectivity index is 2.80. The van der Waals surface area contributed by atoms with E-state index in [0.29, 0.717) is 12.1 Å². The minimum Gasteiger partial charge on any atom is -0.503 e. The maximum Gasteiger partial charge on any atom is 0.416 e. The van der Waals surface area contributed by atoms with Gasteiger partial charge in [-0.2, -0.15) is 26.3 Å². The number of nitrogens with zero attached hydrogens (tertiary/aromatic N) is 1. The summed E-state index contributed by atoms with van der Waals surface area (Å²) in [7, 11) is 2.93. The maximum atomic E-state index is 12.9. The van der Waals surface area contributed by atoms with Crippen molar-refractivity contribution in [3.05, 3.63) is 34.0 Å². The Kier molecular flexibility index (Phi) is 4.55. The first-order valence-electron chi connectivity index (χ1n) is 6.30. The molecule has 2 aromatic rings. The topological polar surface area (TPSA) is 36.6 Å². The van der Waals surface area contributed by atoms with Gasteiger partial charge in [0.15, 0.2) is 5.75 Å². The lowest BCUT2D eigenvalue weighted by atomic mass is 9.99. The molecule has 0 saturated carbocycles. The highest BCUT2D eigenvalue weighted by molar-refractivity contribution is 9.10. The number of hydrogen-bond acceptors (Lipinski definition) is 3. The predicted octanol–water partition coefficient (Wildman–Crippen LogP) is 5.52. The Hall–Kier alpha value is -1.84. The van der Waals surface area contributed by atoms with Crippen LogP contribution in [0.4, 0.5) is 32.2 Å². The molecule has 0 amide bonds. The first kappa shape index (κ1) is 18.5. The zero-order valence-corrected chi connectivity index (χ0v) is 13.8. The quantitative estimate of drug-likeness (QED) is 0.653. The molecule has 0 fully saturated rings. The average Bonchev–Trinajstić information content (AvgIpc) is 2.73. The van der Waals surface area contributed by atoms with E-state index in [1.54, 1.807) is 0 Å². The van der Waals surface area contributed by atoms with Gasteiger partial charge in [-0.1, -0.05) is 0 Å². The molecule has 1 aromatic heterocycles. The fourth-order valence-electron chi connectivity index (χ4n) is 2.06. The molecule has 132 valence electrons. The van der Waals surface area contributed by atoms with Crippen molar-refractivity contribution in [2.75, 3.05) is 19.0 Å². The highest BCUT2D eigenvalue weighted by Crippen LogP contribution is 2.47. The molecule has 0 saturated heterocycles. The monoisotopic (exact) mass is 417 g/mol. The first-order chi connectivity index (χ1) is 10.8. The zero-order valence-electron chi connectivity index (χ0n) is 12.2. The van der Waals surface area contributed by atoms with E-state index in [9.17, 15) is 31.4 Å². The van der Waals surface area contributed by atoms with E-state index in [4.69, 9.17) is 4.42 Å². The van der Waals surface area contributed by atoms with Crippen molar-refractivity contribution in [2.24, 2.45) is 0 Å². The Bertz CT molecular complexity index is 732. The van der Waals surface area contributed by atoms with Gasteiger partial charge in [-0.15, -0.1) is 0 Å². The second-order valence-corrected chi connectivity index (χ2v) is 5.81. The third-order valence-electron chi connectivity index (χ3n) is 3.11. The van der Waals surface area contributed by atoms with Crippen LogP contribution in [-0.2, 0) is 12.4 Å². The normalized spacial score (nSPS) is 12.5. The van der Waals surface area contributed by atoms with Crippen LogP contribution >= 0.6 is 15.9 Å². The summed E-state index contributed by atoms with van der Waals surface area (Å²) in [6.45, 7) is 0. The number of anilines is 1. The Morgan fingerprint density at radius 1 is 0.958 bits per heavy atom. The molecular formula is C14H10BrF6NO2. The highest BCUT2D eigenvalue weighted by atomic mass is 79.9. The Morgan fingerprint density at radius 3 is 1.79 bits per heavy atom. The lowest BCUT2D eigenvalue weighted by molar-refractivity contribution is -0.143. The molecule has 0 radical (unpaired) electrons. The molecule has 0 spiro atoms. The van der Waals surface area contributed by atoms with Gasteiger partial charge in [0.25, 0.3) is 0 Å². The van der Waals surface area contributed by atoms with E-state index in [1.807, 2.05) is 0 Å². The summed E-state index contributed by atoms with van der Waals surface area (Å²) in [5, 5.41) is 9.98. The van der Waals surface area contributed by atoms with E-state index >= 15 is 0 Å². The Morgan fingerprint density at radius 2 is 1.42 bits per heavy atom. The summed E-state index contributed by atoms with van der Waals surface area (Å²) < 4.78 is 82.6. The standard InChI is InChI=1S/C14H10BrF6NO2/c1-22(2)12-9(10(23)11(15)24-12)6-3-7(13(16,17)18)5-8(4-6)14(19,20)21/h3-5,23H,1-2H3. The van der Waals surface area contributed by atoms with Crippen LogP contribution in [0.15, 0.2) is 27.3 Å². The number of aromatic hydroxyl groups is 1. The summed E-state index contributed by atoms with van der Waals surface area (Å²) in [4.78, 5) is 1.31. The molecule has 0 aliphatic heterocycles. The van der Waals surface area contributed by atoms with Crippen LogP contribution in [0.3, 0.4) is 0 Å². The van der Waals surface area contributed by atoms with Gasteiger partial charge in [0.1, 0.15) is 0 Å². The van der Waals surface area contributed by atoms with Crippen molar-refractivity contribution in [1.82, 2.24) is 0 Å². The number of benzene rings is 1. The predicted molar refractivity (Wildman–Crippen MR) is 77.8 cm³/mol. The molecule has 1 heterocycles. The minimum atomic E-state index is -4.98. The SMILES string of the molecule is CN(C)c1oc(Br)c(O)c1-c1cc(C(F)(F)F)cc(C(F)(F)F)c1. The van der Waals surface area contributed by atoms with Crippen molar-refractivity contribution in [3.63, 3.8) is 0 Å². The molecule has 3 nitrogen and oxygen atoms in total. The Labute approximate surface area is 140 Å². The van der Waals surface area contributed by atoms with Crippen LogP contribution in [0.1, 0.15) is 11.1 Å². The number of halogens is 7. The van der Waals surface area contributed by atoms with E-state index in [0.717, 1.165) is 0 Å². The minimum absolute atomic E-state index is 0.0189. The molecule has 0 atom stereocenters. The molecular weight excluding hydrogens is 408 g/mol. The second-order valence-electron chi connectivity index (χ2n) is 5.09. The van der Waals surface area contributed by atoms with E-state index < -0.39 is 34.8 Å². The van der Waals surface area contributed by atoms with Crippen LogP contribution in [-0.4, -0.2) is 19.2 Å². The summed E-state index contributed by atoms with van der Waals surface area (Å²) in [6.07, 6.45) is -9.96. The van der Waals surface area contributed by atoms with Crippen LogP contribution in [0.5, 0.6) is 5.75 Å². The lowest BCUT2D eigenvalue weighted by Gasteiger charge is -2.16. The summed E-state index contributed by atoms with van der Waals surface area (Å²) in [5.41, 5.74) is -3.70. The zero-order chi connectivity index (χ0) is 18.4. The molecule has 10 heteroatoms. The molecule has 0 aliphatic rings. The van der Waals surface area contributed by atoms with E-state index in [1.165, 1.54) is 19.0 Å². The fourth-order valence-corrected chi connectivity index (χ4v) is 2.41. The molecule has 1 aromatic carbocycles. The third-order valence-corrected chi connectivity index (χ3v) is 3.64. The average molecular weight is 418 g/mol. The molecule has 24 heavy (non-hydrogen) atoms. The molecule has 0 unspecified atom stereocenters. The first-order valence-corrected chi connectivity index (χ1v) is 7.10. The van der Waals surface area contributed by atoms with Crippen LogP contribution < -0.4 is 4.90 Å². The van der Waals surface area contributed by atoms with Gasteiger partial charge in [0, 0.05) is 14.1 Å². The highest BCUT2D eigenvalue weighted by Gasteiger charge is 2.38. The van der Waals surface area contributed by atoms with Gasteiger partial charge in [-0.25, -0.2) is 0 Å².